The van der Waals surface area contributed by atoms with Gasteiger partial charge in [0.15, 0.2) is 0 Å². The molecular formula is C14H20N2O4S. The van der Waals surface area contributed by atoms with Gasteiger partial charge in [-0.2, -0.15) is 4.31 Å². The lowest BCUT2D eigenvalue weighted by Gasteiger charge is -2.21. The Morgan fingerprint density at radius 2 is 1.90 bits per heavy atom. The second-order valence-electron chi connectivity index (χ2n) is 5.09. The maximum Gasteiger partial charge on any atom is 0.243 e. The highest BCUT2D eigenvalue weighted by molar-refractivity contribution is 7.89. The van der Waals surface area contributed by atoms with Gasteiger partial charge in [0.05, 0.1) is 12.0 Å². The molecule has 0 spiro atoms. The molecule has 1 saturated heterocycles. The van der Waals surface area contributed by atoms with Gasteiger partial charge >= 0.3 is 0 Å². The lowest BCUT2D eigenvalue weighted by Crippen LogP contribution is -2.34. The molecule has 0 saturated carbocycles. The number of benzene rings is 1. The van der Waals surface area contributed by atoms with Crippen molar-refractivity contribution < 1.29 is 17.9 Å². The van der Waals surface area contributed by atoms with Crippen molar-refractivity contribution in [2.24, 2.45) is 0 Å². The van der Waals surface area contributed by atoms with Crippen LogP contribution in [-0.2, 0) is 14.8 Å². The number of carbonyl (C=O) groups excluding carboxylic acids is 1. The number of nitrogens with zero attached hydrogens (tertiary/aromatic N) is 1. The predicted octanol–water partition coefficient (Wildman–Crippen LogP) is 0.823. The van der Waals surface area contributed by atoms with E-state index < -0.39 is 10.0 Å². The average Bonchev–Trinajstić information content (AvgIpc) is 2.66. The Morgan fingerprint density at radius 3 is 2.57 bits per heavy atom. The fraction of sp³-hybridized carbons (Fsp3) is 0.500. The zero-order chi connectivity index (χ0) is 15.6. The molecular weight excluding hydrogens is 292 g/mol. The Labute approximate surface area is 125 Å². The summed E-state index contributed by atoms with van der Waals surface area (Å²) < 4.78 is 32.1. The van der Waals surface area contributed by atoms with Crippen LogP contribution in [0.1, 0.15) is 17.5 Å². The molecule has 1 aliphatic heterocycles. The highest BCUT2D eigenvalue weighted by Gasteiger charge is 2.28. The Morgan fingerprint density at radius 1 is 1.19 bits per heavy atom. The highest BCUT2D eigenvalue weighted by atomic mass is 32.2. The van der Waals surface area contributed by atoms with E-state index in [1.807, 2.05) is 6.92 Å². The van der Waals surface area contributed by atoms with Crippen LogP contribution in [0.2, 0.25) is 0 Å². The molecule has 0 atom stereocenters. The number of amides is 1. The van der Waals surface area contributed by atoms with Crippen molar-refractivity contribution in [1.82, 2.24) is 9.62 Å². The van der Waals surface area contributed by atoms with Gasteiger partial charge in [0.25, 0.3) is 0 Å². The molecule has 1 aromatic rings. The number of sulfonamides is 1. The normalized spacial score (nSPS) is 17.2. The summed E-state index contributed by atoms with van der Waals surface area (Å²) >= 11 is 0. The van der Waals surface area contributed by atoms with Gasteiger partial charge in [-0.25, -0.2) is 8.42 Å². The minimum Gasteiger partial charge on any atom is -0.496 e. The molecule has 1 N–H and O–H groups in total. The van der Waals surface area contributed by atoms with Gasteiger partial charge in [-0.05, 0) is 37.1 Å². The minimum absolute atomic E-state index is 0.115. The lowest BCUT2D eigenvalue weighted by atomic mass is 10.1. The molecule has 6 nitrogen and oxygen atoms in total. The van der Waals surface area contributed by atoms with Gasteiger partial charge in [-0.15, -0.1) is 0 Å². The Hall–Kier alpha value is -1.60. The number of methoxy groups -OCH3 is 1. The smallest absolute Gasteiger partial charge is 0.243 e. The minimum atomic E-state index is -3.60. The van der Waals surface area contributed by atoms with E-state index in [-0.39, 0.29) is 23.8 Å². The van der Waals surface area contributed by atoms with E-state index in [4.69, 9.17) is 4.74 Å². The van der Waals surface area contributed by atoms with Gasteiger partial charge in [0, 0.05) is 26.1 Å². The average molecular weight is 312 g/mol. The molecule has 21 heavy (non-hydrogen) atoms. The van der Waals surface area contributed by atoms with Crippen LogP contribution in [0.25, 0.3) is 0 Å². The van der Waals surface area contributed by atoms with E-state index in [2.05, 4.69) is 5.32 Å². The summed E-state index contributed by atoms with van der Waals surface area (Å²) in [5, 5.41) is 2.68. The number of carbonyl (C=O) groups is 1. The van der Waals surface area contributed by atoms with Crippen LogP contribution in [0.5, 0.6) is 5.75 Å². The first-order valence-corrected chi connectivity index (χ1v) is 8.22. The van der Waals surface area contributed by atoms with Gasteiger partial charge in [-0.3, -0.25) is 4.79 Å². The first-order chi connectivity index (χ1) is 9.86. The van der Waals surface area contributed by atoms with Crippen molar-refractivity contribution >= 4 is 15.9 Å². The van der Waals surface area contributed by atoms with Crippen LogP contribution in [0.4, 0.5) is 0 Å². The SMILES string of the molecule is COc1cc(C)c(S(=O)(=O)N2CCNC(=O)CC2)cc1C. The standard InChI is InChI=1S/C14H20N2O4S/c1-10-9-13(11(2)8-12(10)20-3)21(18,19)16-6-4-14(17)15-5-7-16/h8-9H,4-7H2,1-3H3,(H,15,17). The number of ether oxygens (including phenoxy) is 1. The zero-order valence-electron chi connectivity index (χ0n) is 12.5. The second-order valence-corrected chi connectivity index (χ2v) is 7.00. The monoisotopic (exact) mass is 312 g/mol. The number of hydrogen-bond acceptors (Lipinski definition) is 4. The number of hydrogen-bond donors (Lipinski definition) is 1. The van der Waals surface area contributed by atoms with Crippen LogP contribution >= 0.6 is 0 Å². The van der Waals surface area contributed by atoms with E-state index in [9.17, 15) is 13.2 Å². The summed E-state index contributed by atoms with van der Waals surface area (Å²) in [5.41, 5.74) is 1.41. The predicted molar refractivity (Wildman–Crippen MR) is 78.9 cm³/mol. The quantitative estimate of drug-likeness (QED) is 0.897. The number of nitrogens with one attached hydrogen (secondary N) is 1. The summed E-state index contributed by atoms with van der Waals surface area (Å²) in [4.78, 5) is 11.6. The maximum absolute atomic E-state index is 12.8. The molecule has 1 aromatic carbocycles. The van der Waals surface area contributed by atoms with Crippen LogP contribution in [-0.4, -0.2) is 45.4 Å². The Kier molecular flexibility index (Phi) is 4.53. The van der Waals surface area contributed by atoms with E-state index in [0.717, 1.165) is 5.56 Å². The summed E-state index contributed by atoms with van der Waals surface area (Å²) in [6.07, 6.45) is 0.188. The molecule has 116 valence electrons. The molecule has 1 aliphatic rings. The van der Waals surface area contributed by atoms with Crippen molar-refractivity contribution in [3.8, 4) is 5.75 Å². The second kappa shape index (κ2) is 6.03. The fourth-order valence-corrected chi connectivity index (χ4v) is 4.12. The molecule has 1 fully saturated rings. The van der Waals surface area contributed by atoms with Gasteiger partial charge < -0.3 is 10.1 Å². The van der Waals surface area contributed by atoms with Crippen molar-refractivity contribution in [3.05, 3.63) is 23.3 Å². The lowest BCUT2D eigenvalue weighted by molar-refractivity contribution is -0.120. The third-order valence-corrected chi connectivity index (χ3v) is 5.62. The van der Waals surface area contributed by atoms with Crippen molar-refractivity contribution in [3.63, 3.8) is 0 Å². The van der Waals surface area contributed by atoms with Crippen molar-refractivity contribution in [1.29, 1.82) is 0 Å². The molecule has 2 rings (SSSR count). The summed E-state index contributed by atoms with van der Waals surface area (Å²) in [7, 11) is -2.04. The Bertz CT molecular complexity index is 655. The molecule has 0 aliphatic carbocycles. The first-order valence-electron chi connectivity index (χ1n) is 6.78. The fourth-order valence-electron chi connectivity index (χ4n) is 2.39. The summed E-state index contributed by atoms with van der Waals surface area (Å²) in [6, 6.07) is 3.35. The zero-order valence-corrected chi connectivity index (χ0v) is 13.3. The van der Waals surface area contributed by atoms with E-state index in [1.54, 1.807) is 26.2 Å². The van der Waals surface area contributed by atoms with Gasteiger partial charge in [-0.1, -0.05) is 0 Å². The van der Waals surface area contributed by atoms with Crippen LogP contribution in [0.15, 0.2) is 17.0 Å². The van der Waals surface area contributed by atoms with Crippen LogP contribution < -0.4 is 10.1 Å². The topological polar surface area (TPSA) is 75.7 Å². The molecule has 0 bridgehead atoms. The molecule has 0 unspecified atom stereocenters. The largest absolute Gasteiger partial charge is 0.496 e. The summed E-state index contributed by atoms with van der Waals surface area (Å²) in [5.74, 6) is 0.550. The molecule has 0 aromatic heterocycles. The third kappa shape index (κ3) is 3.19. The first kappa shape index (κ1) is 15.8. The van der Waals surface area contributed by atoms with E-state index in [0.29, 0.717) is 24.4 Å². The van der Waals surface area contributed by atoms with Gasteiger partial charge in [0.1, 0.15) is 5.75 Å². The molecule has 1 heterocycles. The molecule has 0 radical (unpaired) electrons. The van der Waals surface area contributed by atoms with Crippen molar-refractivity contribution in [2.75, 3.05) is 26.7 Å². The van der Waals surface area contributed by atoms with Crippen LogP contribution in [0, 0.1) is 13.8 Å². The van der Waals surface area contributed by atoms with Crippen molar-refractivity contribution in [2.45, 2.75) is 25.2 Å². The Balaban J connectivity index is 2.39. The third-order valence-electron chi connectivity index (χ3n) is 3.58. The molecule has 7 heteroatoms. The maximum atomic E-state index is 12.8. The van der Waals surface area contributed by atoms with Gasteiger partial charge in [0.2, 0.25) is 15.9 Å². The molecule has 1 amide bonds. The van der Waals surface area contributed by atoms with E-state index >= 15 is 0 Å². The number of aryl methyl sites for hydroxylation is 2. The van der Waals surface area contributed by atoms with E-state index in [1.165, 1.54) is 4.31 Å². The summed E-state index contributed by atoms with van der Waals surface area (Å²) in [6.45, 7) is 4.39. The highest BCUT2D eigenvalue weighted by Crippen LogP contribution is 2.27. The van der Waals surface area contributed by atoms with Crippen LogP contribution in [0.3, 0.4) is 0 Å². The number of rotatable bonds is 3.